The SMILES string of the molecule is C=CCCC1OCC(c2ccc(-c3ccc(C4=CCC(O)C(F)=C4F)cc3)c(F)c2)CO1. The molecule has 2 aliphatic rings. The zero-order valence-corrected chi connectivity index (χ0v) is 17.6. The number of ether oxygens (including phenoxy) is 2. The van der Waals surface area contributed by atoms with E-state index in [4.69, 9.17) is 9.47 Å². The third kappa shape index (κ3) is 4.72. The molecule has 1 aliphatic carbocycles. The van der Waals surface area contributed by atoms with Gasteiger partial charge in [-0.05, 0) is 35.6 Å². The van der Waals surface area contributed by atoms with E-state index < -0.39 is 17.8 Å². The Kier molecular flexibility index (Phi) is 6.94. The van der Waals surface area contributed by atoms with Crippen LogP contribution in [0.4, 0.5) is 13.2 Å². The van der Waals surface area contributed by atoms with Crippen molar-refractivity contribution < 1.29 is 27.8 Å². The molecule has 1 atom stereocenters. The van der Waals surface area contributed by atoms with Crippen LogP contribution in [-0.4, -0.2) is 30.7 Å². The minimum Gasteiger partial charge on any atom is -0.386 e. The zero-order chi connectivity index (χ0) is 22.7. The van der Waals surface area contributed by atoms with Gasteiger partial charge < -0.3 is 14.6 Å². The lowest BCUT2D eigenvalue weighted by Crippen LogP contribution is -2.30. The molecule has 1 unspecified atom stereocenters. The van der Waals surface area contributed by atoms with Crippen molar-refractivity contribution >= 4 is 5.57 Å². The van der Waals surface area contributed by atoms with E-state index >= 15 is 0 Å². The van der Waals surface area contributed by atoms with Crippen molar-refractivity contribution in [3.63, 3.8) is 0 Å². The molecule has 168 valence electrons. The minimum absolute atomic E-state index is 0.00995. The van der Waals surface area contributed by atoms with Crippen molar-refractivity contribution in [1.29, 1.82) is 0 Å². The van der Waals surface area contributed by atoms with Gasteiger partial charge in [0.2, 0.25) is 0 Å². The number of halogens is 3. The molecule has 0 saturated carbocycles. The molecule has 1 heterocycles. The predicted octanol–water partition coefficient (Wildman–Crippen LogP) is 6.21. The summed E-state index contributed by atoms with van der Waals surface area (Å²) in [6.45, 7) is 4.62. The quantitative estimate of drug-likeness (QED) is 0.540. The van der Waals surface area contributed by atoms with E-state index in [-0.39, 0.29) is 30.0 Å². The molecule has 2 aromatic rings. The smallest absolute Gasteiger partial charge is 0.165 e. The maximum atomic E-state index is 14.9. The fraction of sp³-hybridized carbons (Fsp3) is 0.308. The van der Waals surface area contributed by atoms with Crippen LogP contribution in [0.5, 0.6) is 0 Å². The maximum absolute atomic E-state index is 14.9. The average molecular weight is 442 g/mol. The summed E-state index contributed by atoms with van der Waals surface area (Å²) in [5, 5.41) is 9.42. The Morgan fingerprint density at radius 2 is 1.69 bits per heavy atom. The highest BCUT2D eigenvalue weighted by molar-refractivity contribution is 5.80. The molecular formula is C26H25F3O3. The van der Waals surface area contributed by atoms with Gasteiger partial charge in [0.15, 0.2) is 17.9 Å². The highest BCUT2D eigenvalue weighted by Gasteiger charge is 2.25. The Morgan fingerprint density at radius 1 is 1.00 bits per heavy atom. The summed E-state index contributed by atoms with van der Waals surface area (Å²) in [6.07, 6.45) is 3.17. The first-order valence-electron chi connectivity index (χ1n) is 10.7. The molecule has 3 nitrogen and oxygen atoms in total. The third-order valence-corrected chi connectivity index (χ3v) is 5.83. The van der Waals surface area contributed by atoms with Gasteiger partial charge in [-0.2, -0.15) is 0 Å². The van der Waals surface area contributed by atoms with Crippen molar-refractivity contribution in [2.24, 2.45) is 0 Å². The molecule has 0 amide bonds. The van der Waals surface area contributed by atoms with Crippen molar-refractivity contribution in [2.75, 3.05) is 13.2 Å². The van der Waals surface area contributed by atoms with Crippen LogP contribution in [0.25, 0.3) is 16.7 Å². The number of aliphatic hydroxyl groups excluding tert-OH is 1. The summed E-state index contributed by atoms with van der Waals surface area (Å²) in [7, 11) is 0. The molecule has 32 heavy (non-hydrogen) atoms. The van der Waals surface area contributed by atoms with Crippen molar-refractivity contribution in [3.8, 4) is 11.1 Å². The summed E-state index contributed by atoms with van der Waals surface area (Å²) < 4.78 is 54.2. The first-order chi connectivity index (χ1) is 15.5. The molecule has 1 saturated heterocycles. The fourth-order valence-corrected chi connectivity index (χ4v) is 3.95. The van der Waals surface area contributed by atoms with Crippen LogP contribution in [0, 0.1) is 5.82 Å². The van der Waals surface area contributed by atoms with Crippen LogP contribution in [0.1, 0.15) is 36.3 Å². The Balaban J connectivity index is 1.47. The second kappa shape index (κ2) is 9.86. The molecule has 6 heteroatoms. The van der Waals surface area contributed by atoms with Crippen molar-refractivity contribution in [3.05, 3.63) is 89.8 Å². The number of aliphatic hydroxyl groups is 1. The molecule has 0 aromatic heterocycles. The number of hydrogen-bond acceptors (Lipinski definition) is 3. The number of rotatable bonds is 6. The van der Waals surface area contributed by atoms with Crippen molar-refractivity contribution in [1.82, 2.24) is 0 Å². The maximum Gasteiger partial charge on any atom is 0.165 e. The second-order valence-electron chi connectivity index (χ2n) is 8.01. The first-order valence-corrected chi connectivity index (χ1v) is 10.7. The Hall–Kier alpha value is -2.67. The Morgan fingerprint density at radius 3 is 2.34 bits per heavy atom. The molecular weight excluding hydrogens is 417 g/mol. The first kappa shape index (κ1) is 22.5. The van der Waals surface area contributed by atoms with E-state index in [1.165, 1.54) is 12.1 Å². The molecule has 1 N–H and O–H groups in total. The lowest BCUT2D eigenvalue weighted by Gasteiger charge is -2.29. The van der Waals surface area contributed by atoms with E-state index in [9.17, 15) is 18.3 Å². The monoisotopic (exact) mass is 442 g/mol. The van der Waals surface area contributed by atoms with E-state index in [1.54, 1.807) is 30.3 Å². The summed E-state index contributed by atoms with van der Waals surface area (Å²) >= 11 is 0. The number of hydrogen-bond donors (Lipinski definition) is 1. The minimum atomic E-state index is -1.44. The molecule has 4 rings (SSSR count). The van der Waals surface area contributed by atoms with Crippen molar-refractivity contribution in [2.45, 2.75) is 37.6 Å². The molecule has 0 spiro atoms. The van der Waals surface area contributed by atoms with Gasteiger partial charge >= 0.3 is 0 Å². The summed E-state index contributed by atoms with van der Waals surface area (Å²) in [4.78, 5) is 0. The average Bonchev–Trinajstić information content (AvgIpc) is 2.82. The molecule has 0 bridgehead atoms. The summed E-state index contributed by atoms with van der Waals surface area (Å²) in [5.41, 5.74) is 2.40. The van der Waals surface area contributed by atoms with Crippen LogP contribution in [0.2, 0.25) is 0 Å². The molecule has 2 aromatic carbocycles. The standard InChI is InChI=1S/C26H25F3O3/c1-2-3-4-24-31-14-19(15-32-24)18-9-10-20(22(27)13-18)16-5-7-17(8-6-16)21-11-12-23(30)26(29)25(21)28/h2,5-11,13,19,23-24,30H,1,3-4,12,14-15H2. The van der Waals surface area contributed by atoms with Gasteiger partial charge in [0.25, 0.3) is 0 Å². The largest absolute Gasteiger partial charge is 0.386 e. The lowest BCUT2D eigenvalue weighted by atomic mass is 9.93. The highest BCUT2D eigenvalue weighted by Crippen LogP contribution is 2.35. The van der Waals surface area contributed by atoms with Gasteiger partial charge in [-0.1, -0.05) is 48.6 Å². The number of benzene rings is 2. The third-order valence-electron chi connectivity index (χ3n) is 5.83. The van der Waals surface area contributed by atoms with Crippen LogP contribution in [-0.2, 0) is 9.47 Å². The van der Waals surface area contributed by atoms with Crippen LogP contribution < -0.4 is 0 Å². The van der Waals surface area contributed by atoms with Crippen LogP contribution in [0.15, 0.2) is 72.8 Å². The van der Waals surface area contributed by atoms with Gasteiger partial charge in [-0.15, -0.1) is 6.58 Å². The van der Waals surface area contributed by atoms with Gasteiger partial charge in [0.05, 0.1) is 13.2 Å². The molecule has 1 fully saturated rings. The van der Waals surface area contributed by atoms with Gasteiger partial charge in [-0.3, -0.25) is 0 Å². The van der Waals surface area contributed by atoms with Crippen LogP contribution >= 0.6 is 0 Å². The van der Waals surface area contributed by atoms with Crippen LogP contribution in [0.3, 0.4) is 0 Å². The predicted molar refractivity (Wildman–Crippen MR) is 118 cm³/mol. The molecule has 0 radical (unpaired) electrons. The van der Waals surface area contributed by atoms with Gasteiger partial charge in [0.1, 0.15) is 11.9 Å². The van der Waals surface area contributed by atoms with E-state index in [1.807, 2.05) is 12.1 Å². The van der Waals surface area contributed by atoms with Gasteiger partial charge in [0, 0.05) is 23.5 Å². The Labute approximate surface area is 185 Å². The zero-order valence-electron chi connectivity index (χ0n) is 17.6. The summed E-state index contributed by atoms with van der Waals surface area (Å²) in [5.74, 6) is -2.63. The van der Waals surface area contributed by atoms with E-state index in [2.05, 4.69) is 6.58 Å². The Bertz CT molecular complexity index is 1030. The topological polar surface area (TPSA) is 38.7 Å². The summed E-state index contributed by atoms with van der Waals surface area (Å²) in [6, 6.07) is 11.6. The van der Waals surface area contributed by atoms with Gasteiger partial charge in [-0.25, -0.2) is 13.2 Å². The lowest BCUT2D eigenvalue weighted by molar-refractivity contribution is -0.189. The van der Waals surface area contributed by atoms with E-state index in [0.717, 1.165) is 18.4 Å². The molecule has 1 aliphatic heterocycles. The van der Waals surface area contributed by atoms with E-state index in [0.29, 0.717) is 29.9 Å². The second-order valence-corrected chi connectivity index (χ2v) is 8.01. The highest BCUT2D eigenvalue weighted by atomic mass is 19.2. The number of allylic oxidation sites excluding steroid dienone is 3. The normalized spacial score (nSPS) is 23.8. The fourth-order valence-electron chi connectivity index (χ4n) is 3.95.